The summed E-state index contributed by atoms with van der Waals surface area (Å²) >= 11 is 0. The second-order valence-electron chi connectivity index (χ2n) is 6.10. The van der Waals surface area contributed by atoms with E-state index in [-0.39, 0.29) is 16.7 Å². The molecule has 0 saturated carbocycles. The topological polar surface area (TPSA) is 58.6 Å². The number of carbonyl (C=O) groups is 1. The van der Waals surface area contributed by atoms with E-state index in [1.807, 2.05) is 24.3 Å². The number of hydrogen-bond donors (Lipinski definition) is 2. The summed E-state index contributed by atoms with van der Waals surface area (Å²) in [6, 6.07) is 12.4. The molecule has 0 saturated heterocycles. The van der Waals surface area contributed by atoms with Crippen LogP contribution >= 0.6 is 0 Å². The molecule has 0 aliphatic heterocycles. The van der Waals surface area contributed by atoms with Gasteiger partial charge in [0, 0.05) is 5.69 Å². The number of carbonyl (C=O) groups excluding carboxylic acids is 1. The number of para-hydroxylation sites is 1. The van der Waals surface area contributed by atoms with Gasteiger partial charge in [-0.15, -0.1) is 0 Å². The summed E-state index contributed by atoms with van der Waals surface area (Å²) in [4.78, 5) is 12.5. The van der Waals surface area contributed by atoms with Crippen LogP contribution in [0.4, 0.5) is 5.69 Å². The van der Waals surface area contributed by atoms with Crippen molar-refractivity contribution in [1.82, 2.24) is 0 Å². The molecule has 0 atom stereocenters. The third-order valence-corrected chi connectivity index (χ3v) is 3.43. The van der Waals surface area contributed by atoms with Crippen LogP contribution in [0, 0.1) is 0 Å². The SMILES string of the molecule is COc1cccc(O)c1C(=O)Nc1ccccc1C(C)(C)C. The number of hydrogen-bond acceptors (Lipinski definition) is 3. The first-order valence-electron chi connectivity index (χ1n) is 7.11. The Bertz CT molecular complexity index is 687. The number of amides is 1. The van der Waals surface area contributed by atoms with E-state index in [2.05, 4.69) is 26.1 Å². The maximum atomic E-state index is 12.5. The summed E-state index contributed by atoms with van der Waals surface area (Å²) in [5, 5.41) is 12.8. The lowest BCUT2D eigenvalue weighted by Crippen LogP contribution is -2.19. The zero-order valence-electron chi connectivity index (χ0n) is 13.3. The molecular formula is C18H21NO3. The molecule has 1 amide bonds. The summed E-state index contributed by atoms with van der Waals surface area (Å²) in [5.74, 6) is -0.164. The fraction of sp³-hybridized carbons (Fsp3) is 0.278. The van der Waals surface area contributed by atoms with E-state index >= 15 is 0 Å². The lowest BCUT2D eigenvalue weighted by atomic mass is 9.86. The van der Waals surface area contributed by atoms with Gasteiger partial charge in [0.2, 0.25) is 0 Å². The van der Waals surface area contributed by atoms with Crippen molar-refractivity contribution in [3.63, 3.8) is 0 Å². The number of anilines is 1. The number of benzene rings is 2. The lowest BCUT2D eigenvalue weighted by Gasteiger charge is -2.23. The summed E-state index contributed by atoms with van der Waals surface area (Å²) in [7, 11) is 1.47. The van der Waals surface area contributed by atoms with Crippen LogP contribution in [0.5, 0.6) is 11.5 Å². The summed E-state index contributed by atoms with van der Waals surface area (Å²) < 4.78 is 5.16. The van der Waals surface area contributed by atoms with Crippen molar-refractivity contribution >= 4 is 11.6 Å². The molecule has 0 spiro atoms. The van der Waals surface area contributed by atoms with Gasteiger partial charge >= 0.3 is 0 Å². The van der Waals surface area contributed by atoms with Crippen molar-refractivity contribution in [2.75, 3.05) is 12.4 Å². The molecule has 0 heterocycles. The number of nitrogens with one attached hydrogen (secondary N) is 1. The highest BCUT2D eigenvalue weighted by Gasteiger charge is 2.21. The minimum atomic E-state index is -0.397. The van der Waals surface area contributed by atoms with Gasteiger partial charge in [-0.25, -0.2) is 0 Å². The highest BCUT2D eigenvalue weighted by atomic mass is 16.5. The van der Waals surface area contributed by atoms with Gasteiger partial charge in [-0.2, -0.15) is 0 Å². The number of phenols is 1. The fourth-order valence-corrected chi connectivity index (χ4v) is 2.35. The first kappa shape index (κ1) is 15.9. The monoisotopic (exact) mass is 299 g/mol. The van der Waals surface area contributed by atoms with Crippen LogP contribution in [-0.2, 0) is 5.41 Å². The van der Waals surface area contributed by atoms with E-state index in [9.17, 15) is 9.90 Å². The van der Waals surface area contributed by atoms with E-state index in [1.165, 1.54) is 13.2 Å². The Kier molecular flexibility index (Phi) is 4.40. The van der Waals surface area contributed by atoms with Crippen molar-refractivity contribution in [1.29, 1.82) is 0 Å². The third-order valence-electron chi connectivity index (χ3n) is 3.43. The molecule has 116 valence electrons. The van der Waals surface area contributed by atoms with Crippen molar-refractivity contribution in [3.05, 3.63) is 53.6 Å². The van der Waals surface area contributed by atoms with Gasteiger partial charge in [0.1, 0.15) is 17.1 Å². The van der Waals surface area contributed by atoms with Crippen molar-refractivity contribution in [2.24, 2.45) is 0 Å². The zero-order valence-corrected chi connectivity index (χ0v) is 13.3. The second kappa shape index (κ2) is 6.10. The van der Waals surface area contributed by atoms with E-state index in [1.54, 1.807) is 12.1 Å². The average Bonchev–Trinajstić information content (AvgIpc) is 2.46. The molecular weight excluding hydrogens is 278 g/mol. The number of methoxy groups -OCH3 is 1. The molecule has 0 bridgehead atoms. The molecule has 0 unspecified atom stereocenters. The molecule has 4 heteroatoms. The number of aromatic hydroxyl groups is 1. The third kappa shape index (κ3) is 3.22. The van der Waals surface area contributed by atoms with Crippen LogP contribution in [0.2, 0.25) is 0 Å². The largest absolute Gasteiger partial charge is 0.507 e. The molecule has 2 rings (SSSR count). The van der Waals surface area contributed by atoms with Gasteiger partial charge in [0.25, 0.3) is 5.91 Å². The van der Waals surface area contributed by atoms with Crippen molar-refractivity contribution < 1.29 is 14.6 Å². The summed E-state index contributed by atoms with van der Waals surface area (Å²) in [5.41, 5.74) is 1.78. The predicted molar refractivity (Wildman–Crippen MR) is 87.8 cm³/mol. The molecule has 0 aromatic heterocycles. The molecule has 0 radical (unpaired) electrons. The van der Waals surface area contributed by atoms with Gasteiger partial charge in [-0.05, 0) is 29.2 Å². The highest BCUT2D eigenvalue weighted by molar-refractivity contribution is 6.08. The first-order valence-corrected chi connectivity index (χ1v) is 7.11. The number of rotatable bonds is 3. The van der Waals surface area contributed by atoms with Crippen molar-refractivity contribution in [3.8, 4) is 11.5 Å². The normalized spacial score (nSPS) is 11.1. The van der Waals surface area contributed by atoms with E-state index in [0.29, 0.717) is 5.75 Å². The predicted octanol–water partition coefficient (Wildman–Crippen LogP) is 3.95. The fourth-order valence-electron chi connectivity index (χ4n) is 2.35. The Balaban J connectivity index is 2.39. The van der Waals surface area contributed by atoms with E-state index in [0.717, 1.165) is 11.3 Å². The summed E-state index contributed by atoms with van der Waals surface area (Å²) in [6.07, 6.45) is 0. The van der Waals surface area contributed by atoms with Crippen LogP contribution in [0.25, 0.3) is 0 Å². The van der Waals surface area contributed by atoms with Gasteiger partial charge in [0.15, 0.2) is 0 Å². The van der Waals surface area contributed by atoms with Crippen LogP contribution in [0.1, 0.15) is 36.7 Å². The Morgan fingerprint density at radius 1 is 1.09 bits per heavy atom. The Labute approximate surface area is 130 Å². The average molecular weight is 299 g/mol. The minimum absolute atomic E-state index is 0.104. The molecule has 2 aromatic rings. The van der Waals surface area contributed by atoms with E-state index in [4.69, 9.17) is 4.74 Å². The molecule has 0 aliphatic rings. The van der Waals surface area contributed by atoms with E-state index < -0.39 is 5.91 Å². The van der Waals surface area contributed by atoms with Crippen LogP contribution < -0.4 is 10.1 Å². The van der Waals surface area contributed by atoms with Gasteiger partial charge in [-0.3, -0.25) is 4.79 Å². The maximum Gasteiger partial charge on any atom is 0.263 e. The molecule has 22 heavy (non-hydrogen) atoms. The molecule has 2 aromatic carbocycles. The Morgan fingerprint density at radius 3 is 2.41 bits per heavy atom. The molecule has 2 N–H and O–H groups in total. The molecule has 0 fully saturated rings. The first-order chi connectivity index (χ1) is 10.3. The summed E-state index contributed by atoms with van der Waals surface area (Å²) in [6.45, 7) is 6.25. The maximum absolute atomic E-state index is 12.5. The number of phenolic OH excluding ortho intramolecular Hbond substituents is 1. The van der Waals surface area contributed by atoms with Gasteiger partial charge in [0.05, 0.1) is 7.11 Å². The Hall–Kier alpha value is -2.49. The second-order valence-corrected chi connectivity index (χ2v) is 6.10. The smallest absolute Gasteiger partial charge is 0.263 e. The highest BCUT2D eigenvalue weighted by Crippen LogP contribution is 2.32. The van der Waals surface area contributed by atoms with Crippen LogP contribution in [0.15, 0.2) is 42.5 Å². The van der Waals surface area contributed by atoms with Gasteiger partial charge in [-0.1, -0.05) is 45.0 Å². The minimum Gasteiger partial charge on any atom is -0.507 e. The Morgan fingerprint density at radius 2 is 1.77 bits per heavy atom. The molecule has 0 aliphatic carbocycles. The van der Waals surface area contributed by atoms with Crippen LogP contribution in [0.3, 0.4) is 0 Å². The quantitative estimate of drug-likeness (QED) is 0.902. The van der Waals surface area contributed by atoms with Gasteiger partial charge < -0.3 is 15.2 Å². The van der Waals surface area contributed by atoms with Crippen LogP contribution in [-0.4, -0.2) is 18.1 Å². The van der Waals surface area contributed by atoms with Crippen molar-refractivity contribution in [2.45, 2.75) is 26.2 Å². The number of ether oxygens (including phenoxy) is 1. The lowest BCUT2D eigenvalue weighted by molar-refractivity contribution is 0.102. The zero-order chi connectivity index (χ0) is 16.3. The molecule has 4 nitrogen and oxygen atoms in total. The standard InChI is InChI=1S/C18H21NO3/c1-18(2,3)12-8-5-6-9-13(12)19-17(21)16-14(20)10-7-11-15(16)22-4/h5-11,20H,1-4H3,(H,19,21).